The van der Waals surface area contributed by atoms with Crippen LogP contribution < -0.4 is 33.4 Å². The van der Waals surface area contributed by atoms with Gasteiger partial charge in [-0.15, -0.1) is 0 Å². The maximum Gasteiger partial charge on any atom is 0.212 e. The highest BCUT2D eigenvalue weighted by molar-refractivity contribution is 8.03. The first-order valence-corrected chi connectivity index (χ1v) is 9.24. The third-order valence-electron chi connectivity index (χ3n) is 4.63. The Hall–Kier alpha value is -1.60. The molecule has 3 aromatic rings. The lowest BCUT2D eigenvalue weighted by molar-refractivity contribution is -0.669. The lowest BCUT2D eigenvalue weighted by Gasteiger charge is -2.13. The number of benzene rings is 2. The molecule has 0 saturated carbocycles. The minimum absolute atomic E-state index is 0. The quantitative estimate of drug-likeness (QED) is 0.412. The number of hydrogen-bond acceptors (Lipinski definition) is 2. The second-order valence-electron chi connectivity index (χ2n) is 6.32. The van der Waals surface area contributed by atoms with Crippen molar-refractivity contribution < 1.29 is 32.9 Å². The van der Waals surface area contributed by atoms with E-state index in [0.717, 1.165) is 27.9 Å². The molecule has 0 unspecified atom stereocenters. The number of fused-ring (bicyclic) bond motifs is 2. The molecule has 1 aliphatic heterocycles. The van der Waals surface area contributed by atoms with Crippen LogP contribution in [0.2, 0.25) is 0 Å². The number of halogens is 2. The molecule has 0 radical (unpaired) electrons. The second-order valence-corrected chi connectivity index (χ2v) is 7.38. The average Bonchev–Trinajstić information content (AvgIpc) is 2.90. The van der Waals surface area contributed by atoms with Crippen molar-refractivity contribution in [2.45, 2.75) is 25.3 Å². The molecule has 1 aliphatic rings. The van der Waals surface area contributed by atoms with Crippen molar-refractivity contribution >= 4 is 34.4 Å². The summed E-state index contributed by atoms with van der Waals surface area (Å²) in [6.07, 6.45) is 2.19. The fourth-order valence-corrected chi connectivity index (χ4v) is 4.40. The van der Waals surface area contributed by atoms with Gasteiger partial charge in [0.25, 0.3) is 0 Å². The predicted octanol–water partition coefficient (Wildman–Crippen LogP) is 2.14. The highest BCUT2D eigenvalue weighted by Gasteiger charge is 2.24. The largest absolute Gasteiger partial charge is 1.00 e. The minimum Gasteiger partial charge on any atom is -1.00 e. The molecule has 2 heterocycles. The molecule has 4 rings (SSSR count). The molecule has 0 bridgehead atoms. The van der Waals surface area contributed by atoms with Gasteiger partial charge in [0.1, 0.15) is 12.4 Å². The first-order valence-electron chi connectivity index (χ1n) is 8.43. The van der Waals surface area contributed by atoms with E-state index in [4.69, 9.17) is 0 Å². The van der Waals surface area contributed by atoms with Gasteiger partial charge in [-0.25, -0.2) is 4.39 Å². The number of aromatic nitrogens is 1. The van der Waals surface area contributed by atoms with Gasteiger partial charge in [0.15, 0.2) is 0 Å². The van der Waals surface area contributed by atoms with Crippen molar-refractivity contribution in [2.24, 2.45) is 0 Å². The maximum atomic E-state index is 13.6. The van der Waals surface area contributed by atoms with Crippen LogP contribution in [0.4, 0.5) is 10.1 Å². The number of pyridine rings is 1. The molecule has 1 aromatic heterocycles. The van der Waals surface area contributed by atoms with Crippen molar-refractivity contribution in [3.8, 4) is 0 Å². The molecule has 0 atom stereocenters. The Morgan fingerprint density at radius 1 is 1.12 bits per heavy atom. The molecule has 0 fully saturated rings. The highest BCUT2D eigenvalue weighted by Crippen LogP contribution is 2.45. The molecule has 0 aliphatic carbocycles. The van der Waals surface area contributed by atoms with Crippen molar-refractivity contribution in [3.63, 3.8) is 0 Å². The van der Waals surface area contributed by atoms with Crippen molar-refractivity contribution in [3.05, 3.63) is 70.6 Å². The molecule has 0 spiro atoms. The Kier molecular flexibility index (Phi) is 5.58. The first-order chi connectivity index (χ1) is 12.1. The molecule has 134 valence electrons. The van der Waals surface area contributed by atoms with Crippen molar-refractivity contribution in [1.82, 2.24) is 0 Å². The summed E-state index contributed by atoms with van der Waals surface area (Å²) in [7, 11) is 1.99. The Balaban J connectivity index is 0.00000196. The molecule has 0 amide bonds. The van der Waals surface area contributed by atoms with Gasteiger partial charge in [0.2, 0.25) is 11.2 Å². The van der Waals surface area contributed by atoms with Crippen LogP contribution in [0.5, 0.6) is 0 Å². The summed E-state index contributed by atoms with van der Waals surface area (Å²) in [6, 6.07) is 15.9. The monoisotopic (exact) mass is 478 g/mol. The van der Waals surface area contributed by atoms with E-state index in [1.54, 1.807) is 17.8 Å². The fourth-order valence-electron chi connectivity index (χ4n) is 3.33. The van der Waals surface area contributed by atoms with E-state index in [0.29, 0.717) is 0 Å². The normalized spacial score (nSPS) is 14.6. The van der Waals surface area contributed by atoms with Gasteiger partial charge in [-0.3, -0.25) is 0 Å². The van der Waals surface area contributed by atoms with Crippen LogP contribution in [0.15, 0.2) is 58.5 Å². The number of rotatable bonds is 2. The van der Waals surface area contributed by atoms with E-state index in [-0.39, 0.29) is 29.8 Å². The van der Waals surface area contributed by atoms with E-state index < -0.39 is 0 Å². The summed E-state index contributed by atoms with van der Waals surface area (Å²) in [5.41, 5.74) is 4.58. The number of nitrogens with zero attached hydrogens (tertiary/aromatic N) is 2. The summed E-state index contributed by atoms with van der Waals surface area (Å²) in [5.74, 6) is -0.197. The zero-order valence-electron chi connectivity index (χ0n) is 15.0. The van der Waals surface area contributed by atoms with Crippen molar-refractivity contribution in [1.29, 1.82) is 0 Å². The summed E-state index contributed by atoms with van der Waals surface area (Å²) >= 11 is 1.68. The lowest BCUT2D eigenvalue weighted by Crippen LogP contribution is -3.00. The van der Waals surface area contributed by atoms with Gasteiger partial charge in [-0.1, -0.05) is 23.4 Å². The van der Waals surface area contributed by atoms with Gasteiger partial charge >= 0.3 is 0 Å². The van der Waals surface area contributed by atoms with Gasteiger partial charge in [-0.05, 0) is 44.2 Å². The first kappa shape index (κ1) is 19.2. The zero-order valence-corrected chi connectivity index (χ0v) is 17.9. The van der Waals surface area contributed by atoms with E-state index in [1.807, 2.05) is 13.1 Å². The molecule has 0 N–H and O–H groups in total. The number of thioether (sulfide) groups is 1. The Morgan fingerprint density at radius 3 is 2.69 bits per heavy atom. The Morgan fingerprint density at radius 2 is 1.92 bits per heavy atom. The molecule has 0 saturated heterocycles. The van der Waals surface area contributed by atoms with Crippen LogP contribution >= 0.6 is 11.8 Å². The molecule has 2 nitrogen and oxygen atoms in total. The maximum absolute atomic E-state index is 13.6. The van der Waals surface area contributed by atoms with E-state index in [1.165, 1.54) is 22.5 Å². The smallest absolute Gasteiger partial charge is 0.212 e. The standard InChI is InChI=1S/C21H20FN2S.HI/c1-4-24-17(8-6-15-11-14(2)5-9-18(15)24)13-21-23(3)19-12-16(22)7-10-20(19)25-21;/h5-13H,4H2,1-3H3;1H/q+1;/p-1. The summed E-state index contributed by atoms with van der Waals surface area (Å²) < 4.78 is 15.9. The summed E-state index contributed by atoms with van der Waals surface area (Å²) in [4.78, 5) is 3.15. The SMILES string of the molecule is CC[n+]1c(/C=C2\Sc3ccc(F)cc3N2C)ccc2cc(C)ccc21.[I-]. The predicted molar refractivity (Wildman–Crippen MR) is 103 cm³/mol. The minimum atomic E-state index is -0.197. The third-order valence-corrected chi connectivity index (χ3v) is 5.80. The Bertz CT molecular complexity index is 1020. The van der Waals surface area contributed by atoms with Gasteiger partial charge in [0.05, 0.1) is 10.7 Å². The van der Waals surface area contributed by atoms with Crippen LogP contribution in [-0.4, -0.2) is 7.05 Å². The molecular formula is C21H20FIN2S. The molecule has 2 aromatic carbocycles. The molecule has 5 heteroatoms. The van der Waals surface area contributed by atoms with E-state index in [9.17, 15) is 4.39 Å². The van der Waals surface area contributed by atoms with E-state index in [2.05, 4.69) is 59.7 Å². The van der Waals surface area contributed by atoms with Crippen LogP contribution in [0.3, 0.4) is 0 Å². The highest BCUT2D eigenvalue weighted by atomic mass is 127. The van der Waals surface area contributed by atoms with Crippen LogP contribution in [0, 0.1) is 12.7 Å². The third kappa shape index (κ3) is 3.34. The summed E-state index contributed by atoms with van der Waals surface area (Å²) in [6.45, 7) is 5.18. The second kappa shape index (κ2) is 7.56. The molecule has 26 heavy (non-hydrogen) atoms. The topological polar surface area (TPSA) is 7.12 Å². The molecular weight excluding hydrogens is 458 g/mol. The van der Waals surface area contributed by atoms with Crippen LogP contribution in [-0.2, 0) is 6.54 Å². The number of aryl methyl sites for hydroxylation is 2. The average molecular weight is 478 g/mol. The van der Waals surface area contributed by atoms with Crippen LogP contribution in [0.25, 0.3) is 17.0 Å². The zero-order chi connectivity index (χ0) is 17.6. The summed E-state index contributed by atoms with van der Waals surface area (Å²) in [5, 5.41) is 2.36. The number of hydrogen-bond donors (Lipinski definition) is 0. The Labute approximate surface area is 174 Å². The number of anilines is 1. The van der Waals surface area contributed by atoms with Crippen molar-refractivity contribution in [2.75, 3.05) is 11.9 Å². The van der Waals surface area contributed by atoms with Gasteiger partial charge in [-0.2, -0.15) is 4.57 Å². The fraction of sp³-hybridized carbons (Fsp3) is 0.190. The van der Waals surface area contributed by atoms with Gasteiger partial charge < -0.3 is 28.9 Å². The van der Waals surface area contributed by atoms with Gasteiger partial charge in [0, 0.05) is 35.5 Å². The van der Waals surface area contributed by atoms with Crippen LogP contribution in [0.1, 0.15) is 18.2 Å². The van der Waals surface area contributed by atoms with E-state index >= 15 is 0 Å². The lowest BCUT2D eigenvalue weighted by atomic mass is 10.1.